The fourth-order valence-electron chi connectivity index (χ4n) is 2.31. The number of hydrogen-bond acceptors (Lipinski definition) is 5. The lowest BCUT2D eigenvalue weighted by Gasteiger charge is -2.10. The molecule has 1 heterocycles. The number of nitrogens with zero attached hydrogens (tertiary/aromatic N) is 2. The van der Waals surface area contributed by atoms with Gasteiger partial charge >= 0.3 is 0 Å². The van der Waals surface area contributed by atoms with Crippen molar-refractivity contribution in [2.75, 3.05) is 17.2 Å². The molecule has 0 saturated carbocycles. The molecule has 134 valence electrons. The van der Waals surface area contributed by atoms with E-state index in [1.165, 1.54) is 0 Å². The van der Waals surface area contributed by atoms with E-state index in [9.17, 15) is 0 Å². The Balaban J connectivity index is 1.56. The molecule has 0 aliphatic carbocycles. The van der Waals surface area contributed by atoms with Gasteiger partial charge < -0.3 is 15.4 Å². The van der Waals surface area contributed by atoms with Gasteiger partial charge in [0.05, 0.1) is 0 Å². The number of ether oxygens (including phenoxy) is 1. The van der Waals surface area contributed by atoms with Gasteiger partial charge in [-0.25, -0.2) is 9.97 Å². The van der Waals surface area contributed by atoms with Crippen molar-refractivity contribution in [2.45, 2.75) is 20.0 Å². The molecular weight excluding hydrogens is 348 g/mol. The predicted octanol–water partition coefficient (Wildman–Crippen LogP) is 5.27. The lowest BCUT2D eigenvalue weighted by atomic mass is 10.2. The molecule has 2 N–H and O–H groups in total. The van der Waals surface area contributed by atoms with Crippen LogP contribution in [0, 0.1) is 0 Å². The van der Waals surface area contributed by atoms with Crippen LogP contribution in [0.15, 0.2) is 60.9 Å². The standard InChI is InChI=1S/C20H21ClN4O/c1-2-11-22-19-12-20(24-14-23-19)25-17-7-9-18(10-8-17)26-13-15-3-5-16(21)6-4-15/h3-10,12,14H,2,11,13H2,1H3,(H2,22,23,24,25). The molecule has 3 aromatic rings. The number of aromatic nitrogens is 2. The van der Waals surface area contributed by atoms with Gasteiger partial charge in [0.25, 0.3) is 0 Å². The highest BCUT2D eigenvalue weighted by atomic mass is 35.5. The summed E-state index contributed by atoms with van der Waals surface area (Å²) in [6, 6.07) is 17.3. The van der Waals surface area contributed by atoms with E-state index in [-0.39, 0.29) is 0 Å². The monoisotopic (exact) mass is 368 g/mol. The number of benzene rings is 2. The Hall–Kier alpha value is -2.79. The summed E-state index contributed by atoms with van der Waals surface area (Å²) in [5.74, 6) is 2.36. The molecule has 6 heteroatoms. The van der Waals surface area contributed by atoms with E-state index in [2.05, 4.69) is 27.5 Å². The van der Waals surface area contributed by atoms with Gasteiger partial charge in [-0.2, -0.15) is 0 Å². The van der Waals surface area contributed by atoms with Crippen LogP contribution in [0.25, 0.3) is 0 Å². The minimum atomic E-state index is 0.502. The first-order valence-corrected chi connectivity index (χ1v) is 8.91. The lowest BCUT2D eigenvalue weighted by molar-refractivity contribution is 0.306. The smallest absolute Gasteiger partial charge is 0.135 e. The van der Waals surface area contributed by atoms with E-state index in [1.807, 2.05) is 54.6 Å². The quantitative estimate of drug-likeness (QED) is 0.566. The maximum atomic E-state index is 5.89. The number of anilines is 3. The molecule has 0 atom stereocenters. The van der Waals surface area contributed by atoms with Gasteiger partial charge in [-0.3, -0.25) is 0 Å². The molecule has 0 fully saturated rings. The molecule has 0 amide bonds. The minimum absolute atomic E-state index is 0.502. The summed E-state index contributed by atoms with van der Waals surface area (Å²) >= 11 is 5.89. The molecule has 2 aromatic carbocycles. The van der Waals surface area contributed by atoms with E-state index in [1.54, 1.807) is 6.33 Å². The number of halogens is 1. The predicted molar refractivity (Wildman–Crippen MR) is 106 cm³/mol. The van der Waals surface area contributed by atoms with Crippen molar-refractivity contribution < 1.29 is 4.74 Å². The Morgan fingerprint density at radius 3 is 2.42 bits per heavy atom. The van der Waals surface area contributed by atoms with Crippen LogP contribution in [0.2, 0.25) is 5.02 Å². The second-order valence-electron chi connectivity index (χ2n) is 5.78. The molecule has 0 radical (unpaired) electrons. The molecule has 26 heavy (non-hydrogen) atoms. The summed E-state index contributed by atoms with van der Waals surface area (Å²) in [6.45, 7) is 3.50. The normalized spacial score (nSPS) is 10.4. The Kier molecular flexibility index (Phi) is 6.28. The topological polar surface area (TPSA) is 59.1 Å². The van der Waals surface area contributed by atoms with Gasteiger partial charge in [0.15, 0.2) is 0 Å². The van der Waals surface area contributed by atoms with E-state index in [0.717, 1.165) is 46.6 Å². The third kappa shape index (κ3) is 5.36. The average molecular weight is 369 g/mol. The van der Waals surface area contributed by atoms with E-state index in [4.69, 9.17) is 16.3 Å². The number of nitrogens with one attached hydrogen (secondary N) is 2. The van der Waals surface area contributed by atoms with Crippen LogP contribution in [-0.2, 0) is 6.61 Å². The van der Waals surface area contributed by atoms with Gasteiger partial charge in [0.1, 0.15) is 30.3 Å². The summed E-state index contributed by atoms with van der Waals surface area (Å²) in [6.07, 6.45) is 2.59. The summed E-state index contributed by atoms with van der Waals surface area (Å²) in [5, 5.41) is 7.24. The summed E-state index contributed by atoms with van der Waals surface area (Å²) in [4.78, 5) is 8.44. The van der Waals surface area contributed by atoms with Gasteiger partial charge in [-0.15, -0.1) is 0 Å². The fourth-order valence-corrected chi connectivity index (χ4v) is 2.43. The Bertz CT molecular complexity index is 822. The molecule has 0 aliphatic rings. The molecule has 0 bridgehead atoms. The first kappa shape index (κ1) is 18.0. The zero-order valence-electron chi connectivity index (χ0n) is 14.6. The largest absolute Gasteiger partial charge is 0.489 e. The third-order valence-electron chi connectivity index (χ3n) is 3.67. The molecule has 5 nitrogen and oxygen atoms in total. The van der Waals surface area contributed by atoms with Crippen LogP contribution in [0.5, 0.6) is 5.75 Å². The van der Waals surface area contributed by atoms with Crippen molar-refractivity contribution in [2.24, 2.45) is 0 Å². The lowest BCUT2D eigenvalue weighted by Crippen LogP contribution is -2.03. The van der Waals surface area contributed by atoms with Crippen LogP contribution in [-0.4, -0.2) is 16.5 Å². The minimum Gasteiger partial charge on any atom is -0.489 e. The maximum absolute atomic E-state index is 5.89. The van der Waals surface area contributed by atoms with Gasteiger partial charge in [-0.05, 0) is 48.4 Å². The van der Waals surface area contributed by atoms with Crippen molar-refractivity contribution in [1.82, 2.24) is 9.97 Å². The summed E-state index contributed by atoms with van der Waals surface area (Å²) in [7, 11) is 0. The van der Waals surface area contributed by atoms with Crippen LogP contribution >= 0.6 is 11.6 Å². The average Bonchev–Trinajstić information content (AvgIpc) is 2.67. The summed E-state index contributed by atoms with van der Waals surface area (Å²) < 4.78 is 5.79. The van der Waals surface area contributed by atoms with Crippen LogP contribution in [0.4, 0.5) is 17.3 Å². The van der Waals surface area contributed by atoms with Gasteiger partial charge in [0.2, 0.25) is 0 Å². The van der Waals surface area contributed by atoms with Crippen molar-refractivity contribution in [3.8, 4) is 5.75 Å². The van der Waals surface area contributed by atoms with E-state index in [0.29, 0.717) is 6.61 Å². The molecule has 3 rings (SSSR count). The molecule has 0 spiro atoms. The second kappa shape index (κ2) is 9.06. The summed E-state index contributed by atoms with van der Waals surface area (Å²) in [5.41, 5.74) is 2.01. The fraction of sp³-hybridized carbons (Fsp3) is 0.200. The van der Waals surface area contributed by atoms with E-state index < -0.39 is 0 Å². The zero-order chi connectivity index (χ0) is 18.2. The van der Waals surface area contributed by atoms with E-state index >= 15 is 0 Å². The number of rotatable bonds is 8. The Labute approximate surface area is 158 Å². The molecule has 0 aliphatic heterocycles. The van der Waals surface area contributed by atoms with Gasteiger partial charge in [0, 0.05) is 23.3 Å². The van der Waals surface area contributed by atoms with Crippen LogP contribution in [0.3, 0.4) is 0 Å². The number of hydrogen-bond donors (Lipinski definition) is 2. The first-order chi connectivity index (χ1) is 12.7. The Morgan fingerprint density at radius 2 is 1.69 bits per heavy atom. The first-order valence-electron chi connectivity index (χ1n) is 8.53. The van der Waals surface area contributed by atoms with Crippen molar-refractivity contribution >= 4 is 28.9 Å². The highest BCUT2D eigenvalue weighted by Gasteiger charge is 2.01. The third-order valence-corrected chi connectivity index (χ3v) is 3.92. The SMILES string of the molecule is CCCNc1cc(Nc2ccc(OCc3ccc(Cl)cc3)cc2)ncn1. The molecule has 0 unspecified atom stereocenters. The maximum Gasteiger partial charge on any atom is 0.135 e. The van der Waals surface area contributed by atoms with Crippen molar-refractivity contribution in [3.05, 3.63) is 71.5 Å². The highest BCUT2D eigenvalue weighted by molar-refractivity contribution is 6.30. The molecular formula is C20H21ClN4O. The Morgan fingerprint density at radius 1 is 0.962 bits per heavy atom. The van der Waals surface area contributed by atoms with Gasteiger partial charge in [-0.1, -0.05) is 30.7 Å². The second-order valence-corrected chi connectivity index (χ2v) is 6.22. The van der Waals surface area contributed by atoms with Crippen molar-refractivity contribution in [1.29, 1.82) is 0 Å². The zero-order valence-corrected chi connectivity index (χ0v) is 15.3. The van der Waals surface area contributed by atoms with Crippen LogP contribution in [0.1, 0.15) is 18.9 Å². The van der Waals surface area contributed by atoms with Crippen LogP contribution < -0.4 is 15.4 Å². The molecule has 0 saturated heterocycles. The highest BCUT2D eigenvalue weighted by Crippen LogP contribution is 2.21. The van der Waals surface area contributed by atoms with Crippen molar-refractivity contribution in [3.63, 3.8) is 0 Å². The molecule has 1 aromatic heterocycles.